The predicted octanol–water partition coefficient (Wildman–Crippen LogP) is 4.18. The average Bonchev–Trinajstić information content (AvgIpc) is 2.25. The van der Waals surface area contributed by atoms with E-state index < -0.39 is 0 Å². The summed E-state index contributed by atoms with van der Waals surface area (Å²) in [6.45, 7) is 12.1. The second-order valence-corrected chi connectivity index (χ2v) is 7.14. The summed E-state index contributed by atoms with van der Waals surface area (Å²) >= 11 is 1.99. The van der Waals surface area contributed by atoms with Gasteiger partial charge in [-0.25, -0.2) is 0 Å². The summed E-state index contributed by atoms with van der Waals surface area (Å²) in [5.74, 6) is 2.28. The molecule has 1 nitrogen and oxygen atoms in total. The predicted molar refractivity (Wildman–Crippen MR) is 84.4 cm³/mol. The number of thioether (sulfide) groups is 1. The number of hydrogen-bond acceptors (Lipinski definition) is 2. The van der Waals surface area contributed by atoms with Crippen LogP contribution >= 0.6 is 11.8 Å². The van der Waals surface area contributed by atoms with Crippen molar-refractivity contribution in [1.29, 1.82) is 0 Å². The van der Waals surface area contributed by atoms with Crippen molar-refractivity contribution >= 4 is 11.8 Å². The molecule has 0 radical (unpaired) electrons. The van der Waals surface area contributed by atoms with Crippen molar-refractivity contribution in [2.24, 2.45) is 5.73 Å². The molecule has 2 heteroatoms. The fourth-order valence-corrected chi connectivity index (χ4v) is 3.19. The normalized spacial score (nSPS) is 11.9. The Hall–Kier alpha value is -0.470. The van der Waals surface area contributed by atoms with Crippen LogP contribution in [0.15, 0.2) is 12.1 Å². The van der Waals surface area contributed by atoms with Gasteiger partial charge >= 0.3 is 0 Å². The van der Waals surface area contributed by atoms with Gasteiger partial charge in [0.25, 0.3) is 0 Å². The molecule has 0 heterocycles. The molecule has 0 amide bonds. The first-order chi connectivity index (χ1) is 8.36. The van der Waals surface area contributed by atoms with Gasteiger partial charge in [0, 0.05) is 5.75 Å². The highest BCUT2D eigenvalue weighted by Crippen LogP contribution is 2.28. The van der Waals surface area contributed by atoms with E-state index in [1.54, 1.807) is 0 Å². The average molecular weight is 265 g/mol. The van der Waals surface area contributed by atoms with Crippen molar-refractivity contribution in [3.8, 4) is 0 Å². The third kappa shape index (κ3) is 4.33. The second kappa shape index (κ2) is 6.63. The van der Waals surface area contributed by atoms with E-state index in [4.69, 9.17) is 5.73 Å². The minimum Gasteiger partial charge on any atom is -0.330 e. The van der Waals surface area contributed by atoms with E-state index in [0.717, 1.165) is 24.5 Å². The second-order valence-electron chi connectivity index (χ2n) is 6.03. The van der Waals surface area contributed by atoms with Crippen LogP contribution in [0.25, 0.3) is 0 Å². The van der Waals surface area contributed by atoms with E-state index in [0.29, 0.717) is 0 Å². The summed E-state index contributed by atoms with van der Waals surface area (Å²) in [6, 6.07) is 4.71. The lowest BCUT2D eigenvalue weighted by Crippen LogP contribution is -2.12. The fourth-order valence-electron chi connectivity index (χ4n) is 2.01. The van der Waals surface area contributed by atoms with Gasteiger partial charge in [-0.3, -0.25) is 0 Å². The molecule has 18 heavy (non-hydrogen) atoms. The van der Waals surface area contributed by atoms with Crippen molar-refractivity contribution in [1.82, 2.24) is 0 Å². The minimum absolute atomic E-state index is 0.237. The molecular weight excluding hydrogens is 238 g/mol. The third-order valence-corrected chi connectivity index (χ3v) is 4.37. The molecule has 0 aliphatic carbocycles. The maximum Gasteiger partial charge on any atom is 0.0189 e. The van der Waals surface area contributed by atoms with Crippen LogP contribution < -0.4 is 5.73 Å². The molecule has 0 spiro atoms. The Balaban J connectivity index is 2.82. The summed E-state index contributed by atoms with van der Waals surface area (Å²) in [5.41, 5.74) is 11.6. The number of rotatable bonds is 5. The van der Waals surface area contributed by atoms with Gasteiger partial charge in [0.05, 0.1) is 0 Å². The first kappa shape index (κ1) is 15.6. The molecule has 0 unspecified atom stereocenters. The van der Waals surface area contributed by atoms with Gasteiger partial charge in [-0.15, -0.1) is 0 Å². The molecule has 0 fully saturated rings. The number of nitrogens with two attached hydrogens (primary N) is 1. The molecule has 2 N–H and O–H groups in total. The maximum atomic E-state index is 5.52. The first-order valence-corrected chi connectivity index (χ1v) is 7.90. The SMILES string of the molecule is Cc1cc(C(C)(C)C)cc(C)c1CSCCCN. The lowest BCUT2D eigenvalue weighted by molar-refractivity contribution is 0.589. The van der Waals surface area contributed by atoms with Crippen molar-refractivity contribution in [3.05, 3.63) is 34.4 Å². The number of benzene rings is 1. The largest absolute Gasteiger partial charge is 0.330 e. The van der Waals surface area contributed by atoms with Gasteiger partial charge in [0.2, 0.25) is 0 Å². The summed E-state index contributed by atoms with van der Waals surface area (Å²) in [6.07, 6.45) is 1.11. The van der Waals surface area contributed by atoms with Crippen LogP contribution in [-0.2, 0) is 11.2 Å². The van der Waals surface area contributed by atoms with Crippen LogP contribution in [0.4, 0.5) is 0 Å². The zero-order chi connectivity index (χ0) is 13.8. The van der Waals surface area contributed by atoms with E-state index in [9.17, 15) is 0 Å². The number of aryl methyl sites for hydroxylation is 2. The van der Waals surface area contributed by atoms with E-state index in [-0.39, 0.29) is 5.41 Å². The smallest absolute Gasteiger partial charge is 0.0189 e. The highest BCUT2D eigenvalue weighted by molar-refractivity contribution is 7.98. The van der Waals surface area contributed by atoms with Crippen LogP contribution in [-0.4, -0.2) is 12.3 Å². The van der Waals surface area contributed by atoms with Crippen molar-refractivity contribution in [2.75, 3.05) is 12.3 Å². The quantitative estimate of drug-likeness (QED) is 0.808. The summed E-state index contributed by atoms with van der Waals surface area (Å²) in [7, 11) is 0. The standard InChI is InChI=1S/C16H27NS/c1-12-9-14(16(3,4)5)10-13(2)15(12)11-18-8-6-7-17/h9-10H,6-8,11,17H2,1-5H3. The molecule has 0 saturated carbocycles. The zero-order valence-corrected chi connectivity index (χ0v) is 13.3. The highest BCUT2D eigenvalue weighted by Gasteiger charge is 2.16. The van der Waals surface area contributed by atoms with Gasteiger partial charge < -0.3 is 5.73 Å². The van der Waals surface area contributed by atoms with Crippen molar-refractivity contribution in [3.63, 3.8) is 0 Å². The molecule has 1 rings (SSSR count). The molecule has 0 saturated heterocycles. The minimum atomic E-state index is 0.237. The zero-order valence-electron chi connectivity index (χ0n) is 12.5. The van der Waals surface area contributed by atoms with Crippen LogP contribution in [0.2, 0.25) is 0 Å². The first-order valence-electron chi connectivity index (χ1n) is 6.74. The maximum absolute atomic E-state index is 5.52. The van der Waals surface area contributed by atoms with Gasteiger partial charge in [0.1, 0.15) is 0 Å². The van der Waals surface area contributed by atoms with Crippen LogP contribution in [0, 0.1) is 13.8 Å². The molecule has 0 aromatic heterocycles. The Morgan fingerprint density at radius 3 is 2.11 bits per heavy atom. The Labute approximate surface area is 117 Å². The van der Waals surface area contributed by atoms with Gasteiger partial charge in [-0.2, -0.15) is 11.8 Å². The highest BCUT2D eigenvalue weighted by atomic mass is 32.2. The summed E-state index contributed by atoms with van der Waals surface area (Å²) < 4.78 is 0. The monoisotopic (exact) mass is 265 g/mol. The Morgan fingerprint density at radius 1 is 1.11 bits per heavy atom. The van der Waals surface area contributed by atoms with E-state index in [2.05, 4.69) is 46.8 Å². The van der Waals surface area contributed by atoms with Gasteiger partial charge in [0.15, 0.2) is 0 Å². The summed E-state index contributed by atoms with van der Waals surface area (Å²) in [5, 5.41) is 0. The molecule has 0 aliphatic rings. The van der Waals surface area contributed by atoms with Crippen LogP contribution in [0.1, 0.15) is 49.4 Å². The van der Waals surface area contributed by atoms with Crippen LogP contribution in [0.3, 0.4) is 0 Å². The van der Waals surface area contributed by atoms with Gasteiger partial charge in [-0.05, 0) is 60.2 Å². The van der Waals surface area contributed by atoms with Crippen molar-refractivity contribution < 1.29 is 0 Å². The molecule has 1 aromatic carbocycles. The Morgan fingerprint density at radius 2 is 1.67 bits per heavy atom. The molecular formula is C16H27NS. The molecule has 0 atom stereocenters. The molecule has 102 valence electrons. The molecule has 1 aromatic rings. The third-order valence-electron chi connectivity index (χ3n) is 3.30. The lowest BCUT2D eigenvalue weighted by atomic mass is 9.84. The summed E-state index contributed by atoms with van der Waals surface area (Å²) in [4.78, 5) is 0. The topological polar surface area (TPSA) is 26.0 Å². The van der Waals surface area contributed by atoms with Crippen LogP contribution in [0.5, 0.6) is 0 Å². The Kier molecular flexibility index (Phi) is 5.74. The molecule has 0 aliphatic heterocycles. The van der Waals surface area contributed by atoms with E-state index in [1.807, 2.05) is 11.8 Å². The van der Waals surface area contributed by atoms with Gasteiger partial charge in [-0.1, -0.05) is 32.9 Å². The number of hydrogen-bond donors (Lipinski definition) is 1. The Bertz CT molecular complexity index is 368. The lowest BCUT2D eigenvalue weighted by Gasteiger charge is -2.22. The molecule has 0 bridgehead atoms. The van der Waals surface area contributed by atoms with E-state index >= 15 is 0 Å². The van der Waals surface area contributed by atoms with Crippen molar-refractivity contribution in [2.45, 2.75) is 52.2 Å². The van der Waals surface area contributed by atoms with E-state index in [1.165, 1.54) is 22.3 Å². The fraction of sp³-hybridized carbons (Fsp3) is 0.625.